The molecule has 0 aliphatic heterocycles. The lowest BCUT2D eigenvalue weighted by molar-refractivity contribution is 0.786. The number of aromatic amines is 1. The third-order valence-corrected chi connectivity index (χ3v) is 2.11. The van der Waals surface area contributed by atoms with Gasteiger partial charge in [-0.1, -0.05) is 0 Å². The summed E-state index contributed by atoms with van der Waals surface area (Å²) in [6.07, 6.45) is 3.58. The molecule has 1 aromatic rings. The number of rotatable bonds is 2. The van der Waals surface area contributed by atoms with Crippen molar-refractivity contribution < 1.29 is 0 Å². The van der Waals surface area contributed by atoms with E-state index in [1.807, 2.05) is 6.92 Å². The van der Waals surface area contributed by atoms with E-state index in [1.54, 1.807) is 6.07 Å². The molecule has 64 valence electrons. The number of nitrogens with zero attached hydrogens (tertiary/aromatic N) is 1. The summed E-state index contributed by atoms with van der Waals surface area (Å²) >= 11 is 0. The van der Waals surface area contributed by atoms with Crippen LogP contribution in [0.5, 0.6) is 0 Å². The van der Waals surface area contributed by atoms with Gasteiger partial charge in [0.15, 0.2) is 0 Å². The molecule has 3 heteroatoms. The highest BCUT2D eigenvalue weighted by molar-refractivity contribution is 5.04. The predicted octanol–water partition coefficient (Wildman–Crippen LogP) is 1.03. The van der Waals surface area contributed by atoms with Gasteiger partial charge in [-0.3, -0.25) is 4.79 Å². The van der Waals surface area contributed by atoms with Gasteiger partial charge >= 0.3 is 0 Å². The molecule has 1 aliphatic rings. The fourth-order valence-corrected chi connectivity index (χ4v) is 1.36. The van der Waals surface area contributed by atoms with Gasteiger partial charge in [0.1, 0.15) is 5.82 Å². The van der Waals surface area contributed by atoms with Crippen molar-refractivity contribution in [1.82, 2.24) is 9.97 Å². The molecule has 0 spiro atoms. The molecule has 12 heavy (non-hydrogen) atoms. The summed E-state index contributed by atoms with van der Waals surface area (Å²) in [5.74, 6) is 1.51. The maximum atomic E-state index is 11.0. The third-order valence-electron chi connectivity index (χ3n) is 2.11. The Balaban J connectivity index is 2.23. The van der Waals surface area contributed by atoms with Crippen molar-refractivity contribution in [2.24, 2.45) is 5.92 Å². The van der Waals surface area contributed by atoms with Crippen LogP contribution in [0.4, 0.5) is 0 Å². The Kier molecular flexibility index (Phi) is 1.71. The first-order chi connectivity index (χ1) is 5.74. The van der Waals surface area contributed by atoms with Gasteiger partial charge in [0.05, 0.1) is 0 Å². The van der Waals surface area contributed by atoms with E-state index < -0.39 is 0 Å². The molecule has 1 heterocycles. The van der Waals surface area contributed by atoms with Crippen LogP contribution in [0, 0.1) is 12.8 Å². The molecule has 1 aliphatic carbocycles. The summed E-state index contributed by atoms with van der Waals surface area (Å²) in [6, 6.07) is 1.60. The maximum Gasteiger partial charge on any atom is 0.251 e. The minimum atomic E-state index is -0.0295. The van der Waals surface area contributed by atoms with Gasteiger partial charge in [0, 0.05) is 11.8 Å². The molecule has 2 rings (SSSR count). The number of hydrogen-bond acceptors (Lipinski definition) is 2. The summed E-state index contributed by atoms with van der Waals surface area (Å²) in [5, 5.41) is 0. The maximum absolute atomic E-state index is 11.0. The molecule has 0 amide bonds. The lowest BCUT2D eigenvalue weighted by Gasteiger charge is -1.98. The minimum absolute atomic E-state index is 0.0295. The van der Waals surface area contributed by atoms with Crippen molar-refractivity contribution in [3.63, 3.8) is 0 Å². The zero-order valence-electron chi connectivity index (χ0n) is 7.13. The van der Waals surface area contributed by atoms with Gasteiger partial charge in [-0.05, 0) is 32.1 Å². The Morgan fingerprint density at radius 2 is 2.42 bits per heavy atom. The molecule has 0 saturated heterocycles. The number of aromatic nitrogens is 2. The van der Waals surface area contributed by atoms with Gasteiger partial charge < -0.3 is 4.98 Å². The van der Waals surface area contributed by atoms with E-state index in [0.29, 0.717) is 0 Å². The van der Waals surface area contributed by atoms with Gasteiger partial charge in [0.25, 0.3) is 5.56 Å². The number of aryl methyl sites for hydroxylation is 1. The monoisotopic (exact) mass is 164 g/mol. The van der Waals surface area contributed by atoms with Crippen molar-refractivity contribution in [2.45, 2.75) is 26.2 Å². The first-order valence-electron chi connectivity index (χ1n) is 4.31. The standard InChI is InChI=1S/C9H12N2O/c1-6-10-8(4-7-2-3-7)5-9(12)11-6/h5,7H,2-4H2,1H3,(H,10,11,12). The van der Waals surface area contributed by atoms with Crippen LogP contribution in [0.3, 0.4) is 0 Å². The largest absolute Gasteiger partial charge is 0.311 e. The van der Waals surface area contributed by atoms with Crippen molar-refractivity contribution in [3.8, 4) is 0 Å². The van der Waals surface area contributed by atoms with Crippen molar-refractivity contribution in [2.75, 3.05) is 0 Å². The number of hydrogen-bond donors (Lipinski definition) is 1. The van der Waals surface area contributed by atoms with E-state index in [0.717, 1.165) is 23.9 Å². The van der Waals surface area contributed by atoms with Gasteiger partial charge in [-0.2, -0.15) is 0 Å². The first-order valence-corrected chi connectivity index (χ1v) is 4.31. The van der Waals surface area contributed by atoms with Crippen LogP contribution in [-0.4, -0.2) is 9.97 Å². The fraction of sp³-hybridized carbons (Fsp3) is 0.556. The highest BCUT2D eigenvalue weighted by Gasteiger charge is 2.22. The molecule has 0 unspecified atom stereocenters. The van der Waals surface area contributed by atoms with Crippen molar-refractivity contribution >= 4 is 0 Å². The fourth-order valence-electron chi connectivity index (χ4n) is 1.36. The van der Waals surface area contributed by atoms with Crippen LogP contribution in [0.2, 0.25) is 0 Å². The molecule has 3 nitrogen and oxygen atoms in total. The summed E-state index contributed by atoms with van der Waals surface area (Å²) in [7, 11) is 0. The molecule has 1 fully saturated rings. The Hall–Kier alpha value is -1.12. The molecule has 0 bridgehead atoms. The molecule has 1 saturated carbocycles. The van der Waals surface area contributed by atoms with E-state index in [2.05, 4.69) is 9.97 Å². The average Bonchev–Trinajstić information content (AvgIpc) is 2.68. The van der Waals surface area contributed by atoms with Crippen molar-refractivity contribution in [1.29, 1.82) is 0 Å². The topological polar surface area (TPSA) is 45.8 Å². The second kappa shape index (κ2) is 2.73. The summed E-state index contributed by atoms with van der Waals surface area (Å²) in [6.45, 7) is 1.82. The van der Waals surface area contributed by atoms with Crippen LogP contribution in [0.15, 0.2) is 10.9 Å². The SMILES string of the molecule is Cc1nc(CC2CC2)cc(=O)[nH]1. The molecule has 0 atom stereocenters. The predicted molar refractivity (Wildman–Crippen MR) is 46.0 cm³/mol. The van der Waals surface area contributed by atoms with E-state index in [-0.39, 0.29) is 5.56 Å². The number of nitrogens with one attached hydrogen (secondary N) is 1. The Morgan fingerprint density at radius 3 is 3.00 bits per heavy atom. The molecule has 0 radical (unpaired) electrons. The molecule has 0 aromatic carbocycles. The molecular formula is C9H12N2O. The van der Waals surface area contributed by atoms with E-state index >= 15 is 0 Å². The lowest BCUT2D eigenvalue weighted by Crippen LogP contribution is -2.10. The average molecular weight is 164 g/mol. The third kappa shape index (κ3) is 1.72. The summed E-state index contributed by atoms with van der Waals surface area (Å²) in [4.78, 5) is 17.9. The van der Waals surface area contributed by atoms with Crippen LogP contribution >= 0.6 is 0 Å². The molecule has 1 N–H and O–H groups in total. The normalized spacial score (nSPS) is 16.4. The van der Waals surface area contributed by atoms with E-state index in [9.17, 15) is 4.79 Å². The summed E-state index contributed by atoms with van der Waals surface area (Å²) < 4.78 is 0. The van der Waals surface area contributed by atoms with Gasteiger partial charge in [-0.25, -0.2) is 4.98 Å². The van der Waals surface area contributed by atoms with Crippen LogP contribution in [0.25, 0.3) is 0 Å². The Morgan fingerprint density at radius 1 is 1.67 bits per heavy atom. The first kappa shape index (κ1) is 7.53. The summed E-state index contributed by atoms with van der Waals surface area (Å²) in [5.41, 5.74) is 0.914. The van der Waals surface area contributed by atoms with E-state index in [1.165, 1.54) is 12.8 Å². The molecule has 1 aromatic heterocycles. The zero-order valence-corrected chi connectivity index (χ0v) is 7.13. The second-order valence-electron chi connectivity index (χ2n) is 3.47. The Bertz CT molecular complexity index is 339. The minimum Gasteiger partial charge on any atom is -0.311 e. The van der Waals surface area contributed by atoms with Crippen LogP contribution < -0.4 is 5.56 Å². The van der Waals surface area contributed by atoms with Crippen LogP contribution in [-0.2, 0) is 6.42 Å². The Labute approximate surface area is 70.9 Å². The van der Waals surface area contributed by atoms with E-state index in [4.69, 9.17) is 0 Å². The quantitative estimate of drug-likeness (QED) is 0.709. The zero-order chi connectivity index (χ0) is 8.55. The van der Waals surface area contributed by atoms with Crippen LogP contribution in [0.1, 0.15) is 24.4 Å². The molecular weight excluding hydrogens is 152 g/mol. The highest BCUT2D eigenvalue weighted by Crippen LogP contribution is 2.31. The second-order valence-corrected chi connectivity index (χ2v) is 3.47. The highest BCUT2D eigenvalue weighted by atomic mass is 16.1. The van der Waals surface area contributed by atoms with Gasteiger partial charge in [0.2, 0.25) is 0 Å². The lowest BCUT2D eigenvalue weighted by atomic mass is 10.2. The van der Waals surface area contributed by atoms with Gasteiger partial charge in [-0.15, -0.1) is 0 Å². The van der Waals surface area contributed by atoms with Crippen molar-refractivity contribution in [3.05, 3.63) is 27.9 Å². The smallest absolute Gasteiger partial charge is 0.251 e. The number of H-pyrrole nitrogens is 1.